The second-order valence-electron chi connectivity index (χ2n) is 5.49. The zero-order valence-corrected chi connectivity index (χ0v) is 11.9. The summed E-state index contributed by atoms with van der Waals surface area (Å²) in [4.78, 5) is 2.47. The van der Waals surface area contributed by atoms with Gasteiger partial charge in [0.05, 0.1) is 6.61 Å². The van der Waals surface area contributed by atoms with Crippen molar-refractivity contribution in [1.82, 2.24) is 10.2 Å². The number of nitrogens with one attached hydrogen (secondary N) is 1. The van der Waals surface area contributed by atoms with Gasteiger partial charge in [0, 0.05) is 19.1 Å². The summed E-state index contributed by atoms with van der Waals surface area (Å²) in [6.07, 6.45) is 2.35. The van der Waals surface area contributed by atoms with Crippen molar-refractivity contribution in [2.45, 2.75) is 31.7 Å². The number of aliphatic hydroxyl groups is 1. The highest BCUT2D eigenvalue weighted by Crippen LogP contribution is 2.26. The molecule has 1 aromatic carbocycles. The van der Waals surface area contributed by atoms with E-state index in [1.165, 1.54) is 12.0 Å². The fourth-order valence-corrected chi connectivity index (χ4v) is 2.84. The van der Waals surface area contributed by atoms with Gasteiger partial charge in [-0.2, -0.15) is 0 Å². The van der Waals surface area contributed by atoms with Crippen LogP contribution in [0.1, 0.15) is 31.2 Å². The Hall–Kier alpha value is -0.900. The first-order valence-electron chi connectivity index (χ1n) is 7.45. The molecule has 1 aliphatic heterocycles. The van der Waals surface area contributed by atoms with Gasteiger partial charge in [-0.05, 0) is 37.4 Å². The van der Waals surface area contributed by atoms with E-state index in [2.05, 4.69) is 47.5 Å². The van der Waals surface area contributed by atoms with E-state index in [1.54, 1.807) is 0 Å². The molecule has 3 heteroatoms. The van der Waals surface area contributed by atoms with Crippen LogP contribution in [0.2, 0.25) is 0 Å². The van der Waals surface area contributed by atoms with E-state index in [0.717, 1.165) is 32.6 Å². The molecule has 0 radical (unpaired) electrons. The molecule has 19 heavy (non-hydrogen) atoms. The highest BCUT2D eigenvalue weighted by molar-refractivity contribution is 5.21. The number of nitrogens with zero attached hydrogens (tertiary/aromatic N) is 1. The van der Waals surface area contributed by atoms with Crippen molar-refractivity contribution in [2.24, 2.45) is 0 Å². The Bertz CT molecular complexity index is 355. The summed E-state index contributed by atoms with van der Waals surface area (Å²) >= 11 is 0. The van der Waals surface area contributed by atoms with E-state index in [-0.39, 0.29) is 12.6 Å². The number of likely N-dealkylation sites (tertiary alicyclic amines) is 1. The first kappa shape index (κ1) is 14.5. The topological polar surface area (TPSA) is 35.5 Å². The van der Waals surface area contributed by atoms with Gasteiger partial charge in [-0.1, -0.05) is 37.3 Å². The monoisotopic (exact) mass is 262 g/mol. The van der Waals surface area contributed by atoms with E-state index in [0.29, 0.717) is 5.92 Å². The van der Waals surface area contributed by atoms with Crippen LogP contribution < -0.4 is 5.32 Å². The van der Waals surface area contributed by atoms with Crippen LogP contribution >= 0.6 is 0 Å². The van der Waals surface area contributed by atoms with Crippen molar-refractivity contribution in [2.75, 3.05) is 32.8 Å². The van der Waals surface area contributed by atoms with E-state index in [1.807, 2.05) is 0 Å². The maximum atomic E-state index is 9.41. The summed E-state index contributed by atoms with van der Waals surface area (Å²) < 4.78 is 0. The Morgan fingerprint density at radius 3 is 2.84 bits per heavy atom. The van der Waals surface area contributed by atoms with Crippen LogP contribution in [-0.4, -0.2) is 48.8 Å². The van der Waals surface area contributed by atoms with Crippen molar-refractivity contribution < 1.29 is 5.11 Å². The Kier molecular flexibility index (Phi) is 5.83. The third-order valence-electron chi connectivity index (χ3n) is 3.93. The van der Waals surface area contributed by atoms with E-state index in [4.69, 9.17) is 0 Å². The minimum Gasteiger partial charge on any atom is -0.395 e. The van der Waals surface area contributed by atoms with Crippen molar-refractivity contribution in [3.63, 3.8) is 0 Å². The van der Waals surface area contributed by atoms with Crippen LogP contribution in [0.5, 0.6) is 0 Å². The largest absolute Gasteiger partial charge is 0.395 e. The fraction of sp³-hybridized carbons (Fsp3) is 0.625. The molecule has 1 aliphatic rings. The third-order valence-corrected chi connectivity index (χ3v) is 3.93. The summed E-state index contributed by atoms with van der Waals surface area (Å²) in [7, 11) is 0. The predicted molar refractivity (Wildman–Crippen MR) is 79.4 cm³/mol. The van der Waals surface area contributed by atoms with Gasteiger partial charge in [0.15, 0.2) is 0 Å². The van der Waals surface area contributed by atoms with Gasteiger partial charge in [0.2, 0.25) is 0 Å². The molecular weight excluding hydrogens is 236 g/mol. The number of aliphatic hydroxyl groups excluding tert-OH is 1. The van der Waals surface area contributed by atoms with Gasteiger partial charge in [0.25, 0.3) is 0 Å². The molecule has 0 aliphatic carbocycles. The zero-order valence-electron chi connectivity index (χ0n) is 11.9. The maximum Gasteiger partial charge on any atom is 0.0597 e. The van der Waals surface area contributed by atoms with Gasteiger partial charge in [-0.15, -0.1) is 0 Å². The summed E-state index contributed by atoms with van der Waals surface area (Å²) in [5, 5.41) is 12.8. The quantitative estimate of drug-likeness (QED) is 0.787. The standard InChI is InChI=1S/C16H26N2O/c1-2-9-17-16(13-19)12-18-10-8-15(11-18)14-6-4-3-5-7-14/h3-7,15-17,19H,2,8-13H2,1H3. The van der Waals surface area contributed by atoms with E-state index < -0.39 is 0 Å². The highest BCUT2D eigenvalue weighted by atomic mass is 16.3. The average molecular weight is 262 g/mol. The summed E-state index contributed by atoms with van der Waals surface area (Å²) in [5.74, 6) is 0.659. The minimum absolute atomic E-state index is 0.217. The molecule has 3 nitrogen and oxygen atoms in total. The first-order valence-corrected chi connectivity index (χ1v) is 7.45. The molecule has 1 fully saturated rings. The lowest BCUT2D eigenvalue weighted by atomic mass is 9.99. The SMILES string of the molecule is CCCNC(CO)CN1CCC(c2ccccc2)C1. The van der Waals surface area contributed by atoms with Crippen LogP contribution in [0.25, 0.3) is 0 Å². The molecule has 0 aromatic heterocycles. The Balaban J connectivity index is 1.81. The maximum absolute atomic E-state index is 9.41. The molecule has 2 atom stereocenters. The van der Waals surface area contributed by atoms with Gasteiger partial charge < -0.3 is 15.3 Å². The Morgan fingerprint density at radius 1 is 1.37 bits per heavy atom. The smallest absolute Gasteiger partial charge is 0.0597 e. The summed E-state index contributed by atoms with van der Waals surface area (Å²) in [5.41, 5.74) is 1.45. The number of rotatable bonds is 7. The fourth-order valence-electron chi connectivity index (χ4n) is 2.84. The van der Waals surface area contributed by atoms with Gasteiger partial charge in [-0.25, -0.2) is 0 Å². The van der Waals surface area contributed by atoms with Gasteiger partial charge in [0.1, 0.15) is 0 Å². The van der Waals surface area contributed by atoms with E-state index >= 15 is 0 Å². The first-order chi connectivity index (χ1) is 9.33. The van der Waals surface area contributed by atoms with Crippen LogP contribution in [-0.2, 0) is 0 Å². The molecule has 0 saturated carbocycles. The van der Waals surface area contributed by atoms with Crippen molar-refractivity contribution >= 4 is 0 Å². The summed E-state index contributed by atoms with van der Waals surface area (Å²) in [6.45, 7) is 6.59. The molecule has 1 saturated heterocycles. The molecule has 2 N–H and O–H groups in total. The molecule has 2 rings (SSSR count). The van der Waals surface area contributed by atoms with Crippen molar-refractivity contribution in [3.05, 3.63) is 35.9 Å². The van der Waals surface area contributed by atoms with Crippen LogP contribution in [0.3, 0.4) is 0 Å². The highest BCUT2D eigenvalue weighted by Gasteiger charge is 2.25. The number of benzene rings is 1. The lowest BCUT2D eigenvalue weighted by Crippen LogP contribution is -2.42. The van der Waals surface area contributed by atoms with Crippen LogP contribution in [0.15, 0.2) is 30.3 Å². The van der Waals surface area contributed by atoms with Crippen molar-refractivity contribution in [1.29, 1.82) is 0 Å². The molecule has 1 aromatic rings. The average Bonchev–Trinajstić information content (AvgIpc) is 2.93. The molecule has 2 unspecified atom stereocenters. The van der Waals surface area contributed by atoms with Gasteiger partial charge >= 0.3 is 0 Å². The minimum atomic E-state index is 0.217. The normalized spacial score (nSPS) is 21.7. The lowest BCUT2D eigenvalue weighted by molar-refractivity contribution is 0.198. The predicted octanol–water partition coefficient (Wildman–Crippen LogP) is 1.84. The molecular formula is C16H26N2O. The van der Waals surface area contributed by atoms with Crippen molar-refractivity contribution in [3.8, 4) is 0 Å². The molecule has 0 spiro atoms. The number of hydrogen-bond acceptors (Lipinski definition) is 3. The molecule has 0 bridgehead atoms. The van der Waals surface area contributed by atoms with E-state index in [9.17, 15) is 5.11 Å². The van der Waals surface area contributed by atoms with Crippen LogP contribution in [0, 0.1) is 0 Å². The number of hydrogen-bond donors (Lipinski definition) is 2. The molecule has 0 amide bonds. The molecule has 1 heterocycles. The zero-order chi connectivity index (χ0) is 13.5. The summed E-state index contributed by atoms with van der Waals surface area (Å²) in [6, 6.07) is 11.0. The molecule has 106 valence electrons. The second kappa shape index (κ2) is 7.63. The Labute approximate surface area is 116 Å². The van der Waals surface area contributed by atoms with Crippen LogP contribution in [0.4, 0.5) is 0 Å². The Morgan fingerprint density at radius 2 is 2.16 bits per heavy atom. The second-order valence-corrected chi connectivity index (χ2v) is 5.49. The van der Waals surface area contributed by atoms with Gasteiger partial charge in [-0.3, -0.25) is 0 Å². The lowest BCUT2D eigenvalue weighted by Gasteiger charge is -2.23. The third kappa shape index (κ3) is 4.30.